The van der Waals surface area contributed by atoms with Crippen LogP contribution in [0.25, 0.3) is 55.8 Å². The summed E-state index contributed by atoms with van der Waals surface area (Å²) in [6, 6.07) is 30.4. The van der Waals surface area contributed by atoms with E-state index in [0.717, 1.165) is 48.2 Å². The zero-order valence-corrected chi connectivity index (χ0v) is 24.2. The molecule has 2 heterocycles. The maximum absolute atomic E-state index is 13.1. The van der Waals surface area contributed by atoms with E-state index in [1.54, 1.807) is 0 Å². The first-order valence-electron chi connectivity index (χ1n) is 15.0. The molecule has 1 fully saturated rings. The zero-order valence-electron chi connectivity index (χ0n) is 24.2. The van der Waals surface area contributed by atoms with Crippen molar-refractivity contribution in [3.8, 4) is 0 Å². The van der Waals surface area contributed by atoms with Crippen LogP contribution in [0, 0.1) is 0 Å². The second kappa shape index (κ2) is 10.8. The summed E-state index contributed by atoms with van der Waals surface area (Å²) >= 11 is 0. The first-order valence-corrected chi connectivity index (χ1v) is 15.0. The first kappa shape index (κ1) is 26.0. The van der Waals surface area contributed by atoms with Crippen LogP contribution in [0.3, 0.4) is 0 Å². The number of carbonyl (C=O) groups excluding carboxylic acids is 1. The van der Waals surface area contributed by atoms with Gasteiger partial charge in [0.05, 0.1) is 0 Å². The number of ketones is 1. The van der Waals surface area contributed by atoms with Crippen molar-refractivity contribution < 1.29 is 4.79 Å². The molecule has 0 radical (unpaired) electrons. The Morgan fingerprint density at radius 3 is 1.45 bits per heavy atom. The van der Waals surface area contributed by atoms with Gasteiger partial charge < -0.3 is 9.13 Å². The lowest BCUT2D eigenvalue weighted by molar-refractivity contribution is -0.111. The van der Waals surface area contributed by atoms with Crippen LogP contribution in [0.15, 0.2) is 120 Å². The SMILES string of the molecule is CCn1c2ccccc2c2ccc(C=CC=C3CCC(=CC=Cc4ccc5c6ccccc6n(CC)c5c4)C3=O)cc21. The Bertz CT molecular complexity index is 1970. The highest BCUT2D eigenvalue weighted by atomic mass is 16.1. The van der Waals surface area contributed by atoms with Gasteiger partial charge in [-0.1, -0.05) is 97.1 Å². The molecular formula is C39H34N2O. The van der Waals surface area contributed by atoms with E-state index in [2.05, 4.69) is 120 Å². The van der Waals surface area contributed by atoms with Gasteiger partial charge in [-0.2, -0.15) is 0 Å². The number of benzene rings is 4. The summed E-state index contributed by atoms with van der Waals surface area (Å²) in [6.45, 7) is 6.24. The third kappa shape index (κ3) is 4.42. The van der Waals surface area contributed by atoms with Crippen LogP contribution >= 0.6 is 0 Å². The summed E-state index contributed by atoms with van der Waals surface area (Å²) in [6.07, 6.45) is 13.8. The van der Waals surface area contributed by atoms with Crippen molar-refractivity contribution in [2.45, 2.75) is 39.8 Å². The number of aryl methyl sites for hydroxylation is 2. The molecule has 0 aliphatic heterocycles. The molecule has 0 unspecified atom stereocenters. The van der Waals surface area contributed by atoms with E-state index in [-0.39, 0.29) is 5.78 Å². The van der Waals surface area contributed by atoms with Crippen molar-refractivity contribution in [1.29, 1.82) is 0 Å². The van der Waals surface area contributed by atoms with Crippen molar-refractivity contribution in [1.82, 2.24) is 9.13 Å². The Hall–Kier alpha value is -4.89. The number of para-hydroxylation sites is 2. The average Bonchev–Trinajstić information content (AvgIpc) is 3.65. The molecule has 3 heteroatoms. The summed E-state index contributed by atoms with van der Waals surface area (Å²) in [7, 11) is 0. The topological polar surface area (TPSA) is 26.9 Å². The predicted octanol–water partition coefficient (Wildman–Crippen LogP) is 9.88. The fraction of sp³-hybridized carbons (Fsp3) is 0.154. The van der Waals surface area contributed by atoms with Crippen molar-refractivity contribution in [2.24, 2.45) is 0 Å². The molecule has 0 saturated heterocycles. The van der Waals surface area contributed by atoms with E-state index in [4.69, 9.17) is 0 Å². The van der Waals surface area contributed by atoms with Gasteiger partial charge in [-0.3, -0.25) is 4.79 Å². The van der Waals surface area contributed by atoms with Crippen LogP contribution in [0.4, 0.5) is 0 Å². The molecule has 0 atom stereocenters. The number of fused-ring (bicyclic) bond motifs is 6. The lowest BCUT2D eigenvalue weighted by Crippen LogP contribution is -1.94. The summed E-state index contributed by atoms with van der Waals surface area (Å²) in [5.74, 6) is 0.160. The second-order valence-corrected chi connectivity index (χ2v) is 11.0. The number of nitrogens with zero attached hydrogens (tertiary/aromatic N) is 2. The highest BCUT2D eigenvalue weighted by Gasteiger charge is 2.21. The molecule has 1 aliphatic carbocycles. The predicted molar refractivity (Wildman–Crippen MR) is 179 cm³/mol. The molecule has 4 aromatic carbocycles. The molecule has 6 aromatic rings. The second-order valence-electron chi connectivity index (χ2n) is 11.0. The number of carbonyl (C=O) groups is 1. The lowest BCUT2D eigenvalue weighted by Gasteiger charge is -2.03. The van der Waals surface area contributed by atoms with Gasteiger partial charge >= 0.3 is 0 Å². The average molecular weight is 547 g/mol. The van der Waals surface area contributed by atoms with Gasteiger partial charge in [0.1, 0.15) is 0 Å². The molecule has 3 nitrogen and oxygen atoms in total. The molecular weight excluding hydrogens is 512 g/mol. The van der Waals surface area contributed by atoms with Crippen LogP contribution in [-0.2, 0) is 17.9 Å². The molecule has 1 aliphatic rings. The standard InChI is InChI=1S/C39H34N2O/c1-3-40-35-17-7-5-15-31(35)33-23-19-27(25-37(33)40)11-9-13-29-21-22-30(39(29)42)14-10-12-28-20-24-34-32-16-6-8-18-36(32)41(4-2)38(34)26-28/h5-20,23-26H,3-4,21-22H2,1-2H3. The molecule has 0 bridgehead atoms. The van der Waals surface area contributed by atoms with E-state index in [0.29, 0.717) is 0 Å². The fourth-order valence-electron chi connectivity index (χ4n) is 6.59. The third-order valence-corrected chi connectivity index (χ3v) is 8.65. The van der Waals surface area contributed by atoms with E-state index < -0.39 is 0 Å². The van der Waals surface area contributed by atoms with Crippen molar-refractivity contribution in [3.63, 3.8) is 0 Å². The fourth-order valence-corrected chi connectivity index (χ4v) is 6.59. The third-order valence-electron chi connectivity index (χ3n) is 8.65. The monoisotopic (exact) mass is 546 g/mol. The van der Waals surface area contributed by atoms with E-state index in [1.165, 1.54) is 43.6 Å². The van der Waals surface area contributed by atoms with Gasteiger partial charge in [0.15, 0.2) is 5.78 Å². The molecule has 0 spiro atoms. The molecule has 7 rings (SSSR count). The molecule has 2 aromatic heterocycles. The van der Waals surface area contributed by atoms with Gasteiger partial charge in [-0.15, -0.1) is 0 Å². The minimum Gasteiger partial charge on any atom is -0.341 e. The van der Waals surface area contributed by atoms with E-state index >= 15 is 0 Å². The molecule has 42 heavy (non-hydrogen) atoms. The summed E-state index contributed by atoms with van der Waals surface area (Å²) in [4.78, 5) is 13.1. The smallest absolute Gasteiger partial charge is 0.185 e. The summed E-state index contributed by atoms with van der Waals surface area (Å²) in [5.41, 5.74) is 9.07. The maximum atomic E-state index is 13.1. The molecule has 1 saturated carbocycles. The van der Waals surface area contributed by atoms with Crippen molar-refractivity contribution in [2.75, 3.05) is 0 Å². The van der Waals surface area contributed by atoms with Crippen LogP contribution in [0.2, 0.25) is 0 Å². The van der Waals surface area contributed by atoms with Gasteiger partial charge in [0.2, 0.25) is 0 Å². The summed E-state index contributed by atoms with van der Waals surface area (Å²) in [5, 5.41) is 5.15. The summed E-state index contributed by atoms with van der Waals surface area (Å²) < 4.78 is 4.74. The Kier molecular flexibility index (Phi) is 6.71. The quantitative estimate of drug-likeness (QED) is 0.191. The van der Waals surface area contributed by atoms with Gasteiger partial charge in [0.25, 0.3) is 0 Å². The zero-order chi connectivity index (χ0) is 28.6. The Morgan fingerprint density at radius 2 is 1.00 bits per heavy atom. The van der Waals surface area contributed by atoms with Gasteiger partial charge in [-0.05, 0) is 62.1 Å². The van der Waals surface area contributed by atoms with Gasteiger partial charge in [-0.25, -0.2) is 0 Å². The van der Waals surface area contributed by atoms with E-state index in [1.807, 2.05) is 24.3 Å². The Balaban J connectivity index is 1.08. The van der Waals surface area contributed by atoms with E-state index in [9.17, 15) is 4.79 Å². The maximum Gasteiger partial charge on any atom is 0.185 e. The van der Waals surface area contributed by atoms with Crippen molar-refractivity contribution in [3.05, 3.63) is 132 Å². The number of Topliss-reactive ketones (excluding diaryl/α,β-unsaturated/α-hetero) is 1. The van der Waals surface area contributed by atoms with Crippen LogP contribution in [0.5, 0.6) is 0 Å². The highest BCUT2D eigenvalue weighted by Crippen LogP contribution is 2.32. The molecule has 0 N–H and O–H groups in total. The van der Waals surface area contributed by atoms with Crippen molar-refractivity contribution >= 4 is 61.5 Å². The Morgan fingerprint density at radius 1 is 0.571 bits per heavy atom. The normalized spacial score (nSPS) is 16.3. The minimum absolute atomic E-state index is 0.160. The molecule has 206 valence electrons. The minimum atomic E-state index is 0.160. The number of hydrogen-bond donors (Lipinski definition) is 0. The van der Waals surface area contributed by atoms with Gasteiger partial charge in [0, 0.05) is 67.8 Å². The first-order chi connectivity index (χ1) is 20.7. The van der Waals surface area contributed by atoms with Crippen LogP contribution < -0.4 is 0 Å². The number of hydrogen-bond acceptors (Lipinski definition) is 1. The largest absolute Gasteiger partial charge is 0.341 e. The van der Waals surface area contributed by atoms with Crippen LogP contribution in [-0.4, -0.2) is 14.9 Å². The Labute approximate surface area is 246 Å². The number of aromatic nitrogens is 2. The van der Waals surface area contributed by atoms with Crippen LogP contribution in [0.1, 0.15) is 37.8 Å². The number of allylic oxidation sites excluding steroid dienone is 6. The highest BCUT2D eigenvalue weighted by molar-refractivity contribution is 6.11. The number of rotatable bonds is 6. The molecule has 0 amide bonds. The lowest BCUT2D eigenvalue weighted by atomic mass is 10.1.